The van der Waals surface area contributed by atoms with Crippen molar-refractivity contribution in [2.45, 2.75) is 57.9 Å². The molecule has 2 rings (SSSR count). The molecule has 1 saturated carbocycles. The summed E-state index contributed by atoms with van der Waals surface area (Å²) in [6.45, 7) is 3.45. The Labute approximate surface area is 110 Å². The highest BCUT2D eigenvalue weighted by molar-refractivity contribution is 7.09. The zero-order valence-corrected chi connectivity index (χ0v) is 11.8. The van der Waals surface area contributed by atoms with E-state index in [9.17, 15) is 0 Å². The number of thiophene rings is 1. The van der Waals surface area contributed by atoms with Crippen LogP contribution in [0.5, 0.6) is 0 Å². The molecule has 1 heterocycles. The number of hydrogen-bond acceptors (Lipinski definition) is 2. The van der Waals surface area contributed by atoms with Gasteiger partial charge in [0.15, 0.2) is 0 Å². The van der Waals surface area contributed by atoms with Gasteiger partial charge in [-0.2, -0.15) is 0 Å². The van der Waals surface area contributed by atoms with Crippen molar-refractivity contribution in [2.24, 2.45) is 5.92 Å². The highest BCUT2D eigenvalue weighted by Crippen LogP contribution is 2.34. The molecule has 1 aromatic heterocycles. The van der Waals surface area contributed by atoms with Gasteiger partial charge < -0.3 is 5.32 Å². The fourth-order valence-corrected chi connectivity index (χ4v) is 3.14. The van der Waals surface area contributed by atoms with Gasteiger partial charge in [-0.25, -0.2) is 0 Å². The van der Waals surface area contributed by atoms with Gasteiger partial charge in [0.2, 0.25) is 0 Å². The van der Waals surface area contributed by atoms with Crippen molar-refractivity contribution in [3.8, 4) is 0 Å². The van der Waals surface area contributed by atoms with E-state index in [0.717, 1.165) is 12.0 Å². The molecule has 0 bridgehead atoms. The summed E-state index contributed by atoms with van der Waals surface area (Å²) in [5.74, 6) is 1.05. The lowest BCUT2D eigenvalue weighted by atomic mass is 10.0. The SMILES string of the molecule is CCCNC(CCCc1cccs1)CC1CC1. The third-order valence-corrected chi connectivity index (χ3v) is 4.49. The molecule has 0 saturated heterocycles. The summed E-state index contributed by atoms with van der Waals surface area (Å²) in [5, 5.41) is 5.91. The topological polar surface area (TPSA) is 12.0 Å². The van der Waals surface area contributed by atoms with Crippen LogP contribution in [-0.4, -0.2) is 12.6 Å². The second-order valence-electron chi connectivity index (χ2n) is 5.30. The van der Waals surface area contributed by atoms with E-state index in [1.54, 1.807) is 4.88 Å². The summed E-state index contributed by atoms with van der Waals surface area (Å²) in [7, 11) is 0. The van der Waals surface area contributed by atoms with E-state index in [4.69, 9.17) is 0 Å². The van der Waals surface area contributed by atoms with E-state index in [-0.39, 0.29) is 0 Å². The minimum atomic E-state index is 0.780. The molecule has 96 valence electrons. The van der Waals surface area contributed by atoms with Crippen LogP contribution in [0, 0.1) is 5.92 Å². The average molecular weight is 251 g/mol. The third kappa shape index (κ3) is 5.22. The van der Waals surface area contributed by atoms with Crippen LogP contribution in [0.25, 0.3) is 0 Å². The number of rotatable bonds is 9. The second kappa shape index (κ2) is 7.17. The third-order valence-electron chi connectivity index (χ3n) is 3.55. The second-order valence-corrected chi connectivity index (χ2v) is 6.33. The van der Waals surface area contributed by atoms with Crippen LogP contribution >= 0.6 is 11.3 Å². The summed E-state index contributed by atoms with van der Waals surface area (Å²) < 4.78 is 0. The van der Waals surface area contributed by atoms with E-state index in [1.165, 1.54) is 51.5 Å². The van der Waals surface area contributed by atoms with Crippen molar-refractivity contribution in [2.75, 3.05) is 6.54 Å². The molecule has 0 aromatic carbocycles. The van der Waals surface area contributed by atoms with Crippen molar-refractivity contribution in [3.63, 3.8) is 0 Å². The highest BCUT2D eigenvalue weighted by atomic mass is 32.1. The lowest BCUT2D eigenvalue weighted by molar-refractivity contribution is 0.423. The van der Waals surface area contributed by atoms with Crippen LogP contribution in [0.3, 0.4) is 0 Å². The zero-order valence-electron chi connectivity index (χ0n) is 11.0. The molecular weight excluding hydrogens is 226 g/mol. The van der Waals surface area contributed by atoms with Crippen LogP contribution in [0.1, 0.15) is 50.3 Å². The van der Waals surface area contributed by atoms with Gasteiger partial charge in [0.05, 0.1) is 0 Å². The predicted molar refractivity (Wildman–Crippen MR) is 76.7 cm³/mol. The maximum absolute atomic E-state index is 3.72. The lowest BCUT2D eigenvalue weighted by Gasteiger charge is -2.18. The summed E-state index contributed by atoms with van der Waals surface area (Å²) in [6.07, 6.45) is 9.61. The Morgan fingerprint density at radius 3 is 3.00 bits per heavy atom. The van der Waals surface area contributed by atoms with Crippen LogP contribution < -0.4 is 5.32 Å². The van der Waals surface area contributed by atoms with Crippen molar-refractivity contribution < 1.29 is 0 Å². The Kier molecular flexibility index (Phi) is 5.53. The fraction of sp³-hybridized carbons (Fsp3) is 0.733. The fourth-order valence-electron chi connectivity index (χ4n) is 2.39. The Morgan fingerprint density at radius 1 is 1.47 bits per heavy atom. The molecule has 17 heavy (non-hydrogen) atoms. The lowest BCUT2D eigenvalue weighted by Crippen LogP contribution is -2.30. The highest BCUT2D eigenvalue weighted by Gasteiger charge is 2.24. The first-order chi connectivity index (χ1) is 8.38. The van der Waals surface area contributed by atoms with Gasteiger partial charge in [-0.1, -0.05) is 25.8 Å². The first kappa shape index (κ1) is 13.1. The Balaban J connectivity index is 1.64. The Hall–Kier alpha value is -0.340. The van der Waals surface area contributed by atoms with Crippen LogP contribution in [-0.2, 0) is 6.42 Å². The summed E-state index contributed by atoms with van der Waals surface area (Å²) in [5.41, 5.74) is 0. The largest absolute Gasteiger partial charge is 0.314 e. The first-order valence-corrected chi connectivity index (χ1v) is 8.02. The van der Waals surface area contributed by atoms with Crippen LogP contribution in [0.2, 0.25) is 0 Å². The molecule has 1 N–H and O–H groups in total. The van der Waals surface area contributed by atoms with Gasteiger partial charge >= 0.3 is 0 Å². The van der Waals surface area contributed by atoms with Crippen molar-refractivity contribution >= 4 is 11.3 Å². The summed E-state index contributed by atoms with van der Waals surface area (Å²) in [6, 6.07) is 5.21. The molecule has 2 heteroatoms. The van der Waals surface area contributed by atoms with Crippen molar-refractivity contribution in [3.05, 3.63) is 22.4 Å². The van der Waals surface area contributed by atoms with Crippen molar-refractivity contribution in [1.82, 2.24) is 5.32 Å². The van der Waals surface area contributed by atoms with Gasteiger partial charge in [0, 0.05) is 10.9 Å². The van der Waals surface area contributed by atoms with Crippen LogP contribution in [0.15, 0.2) is 17.5 Å². The van der Waals surface area contributed by atoms with Crippen molar-refractivity contribution in [1.29, 1.82) is 0 Å². The van der Waals surface area contributed by atoms with Gasteiger partial charge in [-0.15, -0.1) is 11.3 Å². The quantitative estimate of drug-likeness (QED) is 0.692. The number of aryl methyl sites for hydroxylation is 1. The monoisotopic (exact) mass is 251 g/mol. The molecular formula is C15H25NS. The first-order valence-electron chi connectivity index (χ1n) is 7.14. The minimum absolute atomic E-state index is 0.780. The normalized spacial score (nSPS) is 17.2. The Bertz CT molecular complexity index is 290. The molecule has 1 aromatic rings. The molecule has 0 aliphatic heterocycles. The van der Waals surface area contributed by atoms with Gasteiger partial charge in [0.25, 0.3) is 0 Å². The molecule has 1 unspecified atom stereocenters. The van der Waals surface area contributed by atoms with Gasteiger partial charge in [-0.05, 0) is 56.0 Å². The molecule has 0 spiro atoms. The van der Waals surface area contributed by atoms with E-state index in [1.807, 2.05) is 11.3 Å². The smallest absolute Gasteiger partial charge is 0.00698 e. The molecule has 0 radical (unpaired) electrons. The maximum Gasteiger partial charge on any atom is 0.00698 e. The molecule has 1 fully saturated rings. The number of nitrogens with one attached hydrogen (secondary N) is 1. The van der Waals surface area contributed by atoms with Crippen LogP contribution in [0.4, 0.5) is 0 Å². The van der Waals surface area contributed by atoms with E-state index < -0.39 is 0 Å². The molecule has 1 nitrogen and oxygen atoms in total. The average Bonchev–Trinajstić information content (AvgIpc) is 2.99. The summed E-state index contributed by atoms with van der Waals surface area (Å²) in [4.78, 5) is 1.55. The Morgan fingerprint density at radius 2 is 2.35 bits per heavy atom. The maximum atomic E-state index is 3.72. The van der Waals surface area contributed by atoms with E-state index in [2.05, 4.69) is 29.8 Å². The molecule has 1 atom stereocenters. The number of hydrogen-bond donors (Lipinski definition) is 1. The molecule has 0 amide bonds. The van der Waals surface area contributed by atoms with E-state index in [0.29, 0.717) is 0 Å². The zero-order chi connectivity index (χ0) is 11.9. The van der Waals surface area contributed by atoms with Gasteiger partial charge in [0.1, 0.15) is 0 Å². The summed E-state index contributed by atoms with van der Waals surface area (Å²) >= 11 is 1.90. The molecule has 1 aliphatic rings. The van der Waals surface area contributed by atoms with E-state index >= 15 is 0 Å². The van der Waals surface area contributed by atoms with Gasteiger partial charge in [-0.3, -0.25) is 0 Å². The predicted octanol–water partition coefficient (Wildman–Crippen LogP) is 4.24. The molecule has 1 aliphatic carbocycles. The minimum Gasteiger partial charge on any atom is -0.314 e. The standard InChI is InChI=1S/C15H25NS/c1-2-10-16-14(12-13-8-9-13)5-3-6-15-7-4-11-17-15/h4,7,11,13-14,16H,2-3,5-6,8-10,12H2,1H3.